The van der Waals surface area contributed by atoms with Crippen molar-refractivity contribution in [3.63, 3.8) is 0 Å². The van der Waals surface area contributed by atoms with Gasteiger partial charge in [0.1, 0.15) is 0 Å². The van der Waals surface area contributed by atoms with E-state index >= 15 is 0 Å². The first-order valence-electron chi connectivity index (χ1n) is 7.81. The molecule has 1 aromatic carbocycles. The molecule has 0 bridgehead atoms. The molecule has 1 fully saturated rings. The van der Waals surface area contributed by atoms with E-state index in [0.717, 1.165) is 30.6 Å². The zero-order valence-electron chi connectivity index (χ0n) is 13.5. The number of hydrogen-bond donors (Lipinski definition) is 1. The Labute approximate surface area is 138 Å². The van der Waals surface area contributed by atoms with Crippen molar-refractivity contribution in [3.8, 4) is 0 Å². The SMILES string of the molecule is CCc1cc(C)c2c(c1)C1CNCC1N(CCOC)C2=O.Cl. The second kappa shape index (κ2) is 6.99. The molecule has 2 heterocycles. The van der Waals surface area contributed by atoms with Crippen LogP contribution in [0, 0.1) is 6.92 Å². The fraction of sp³-hybridized carbons (Fsp3) is 0.588. The minimum atomic E-state index is 0. The van der Waals surface area contributed by atoms with E-state index in [1.165, 1.54) is 11.1 Å². The summed E-state index contributed by atoms with van der Waals surface area (Å²) in [6.45, 7) is 7.34. The Morgan fingerprint density at radius 1 is 1.36 bits per heavy atom. The average Bonchev–Trinajstić information content (AvgIpc) is 2.95. The molecule has 0 aliphatic carbocycles. The molecule has 2 aliphatic rings. The van der Waals surface area contributed by atoms with Gasteiger partial charge in [0.05, 0.1) is 12.6 Å². The minimum Gasteiger partial charge on any atom is -0.383 e. The molecular formula is C17H25ClN2O2. The van der Waals surface area contributed by atoms with Crippen molar-refractivity contribution in [2.45, 2.75) is 32.2 Å². The molecule has 2 unspecified atom stereocenters. The molecule has 0 spiro atoms. The van der Waals surface area contributed by atoms with Crippen LogP contribution < -0.4 is 5.32 Å². The van der Waals surface area contributed by atoms with Gasteiger partial charge in [-0.25, -0.2) is 0 Å². The molecule has 0 saturated carbocycles. The number of amides is 1. The van der Waals surface area contributed by atoms with Crippen molar-refractivity contribution in [1.82, 2.24) is 10.2 Å². The Morgan fingerprint density at radius 2 is 2.14 bits per heavy atom. The van der Waals surface area contributed by atoms with E-state index in [4.69, 9.17) is 4.74 Å². The molecule has 1 N–H and O–H groups in total. The van der Waals surface area contributed by atoms with Crippen molar-refractivity contribution in [2.75, 3.05) is 33.4 Å². The maximum absolute atomic E-state index is 12.9. The number of benzene rings is 1. The lowest BCUT2D eigenvalue weighted by atomic mass is 9.81. The fourth-order valence-corrected chi connectivity index (χ4v) is 3.74. The topological polar surface area (TPSA) is 41.6 Å². The monoisotopic (exact) mass is 324 g/mol. The molecule has 3 rings (SSSR count). The number of nitrogens with zero attached hydrogens (tertiary/aromatic N) is 1. The zero-order chi connectivity index (χ0) is 15.0. The van der Waals surface area contributed by atoms with Crippen molar-refractivity contribution in [3.05, 3.63) is 34.4 Å². The van der Waals surface area contributed by atoms with Gasteiger partial charge in [-0.3, -0.25) is 4.79 Å². The highest BCUT2D eigenvalue weighted by Crippen LogP contribution is 2.37. The van der Waals surface area contributed by atoms with Crippen LogP contribution in [0.5, 0.6) is 0 Å². The summed E-state index contributed by atoms with van der Waals surface area (Å²) in [6, 6.07) is 4.68. The van der Waals surface area contributed by atoms with Gasteiger partial charge < -0.3 is 15.0 Å². The van der Waals surface area contributed by atoms with Crippen LogP contribution in [0.2, 0.25) is 0 Å². The third-order valence-corrected chi connectivity index (χ3v) is 4.83. The summed E-state index contributed by atoms with van der Waals surface area (Å²) in [5.41, 5.74) is 4.62. The van der Waals surface area contributed by atoms with E-state index < -0.39 is 0 Å². The molecule has 1 saturated heterocycles. The average molecular weight is 325 g/mol. The van der Waals surface area contributed by atoms with Crippen LogP contribution in [-0.2, 0) is 11.2 Å². The van der Waals surface area contributed by atoms with Gasteiger partial charge in [-0.15, -0.1) is 12.4 Å². The molecule has 4 nitrogen and oxygen atoms in total. The maximum atomic E-state index is 12.9. The summed E-state index contributed by atoms with van der Waals surface area (Å²) >= 11 is 0. The summed E-state index contributed by atoms with van der Waals surface area (Å²) < 4.78 is 5.18. The van der Waals surface area contributed by atoms with Gasteiger partial charge in [0.2, 0.25) is 0 Å². The molecule has 122 valence electrons. The second-order valence-corrected chi connectivity index (χ2v) is 6.05. The number of rotatable bonds is 4. The first kappa shape index (κ1) is 17.3. The third-order valence-electron chi connectivity index (χ3n) is 4.83. The number of hydrogen-bond acceptors (Lipinski definition) is 3. The number of fused-ring (bicyclic) bond motifs is 3. The first-order chi connectivity index (χ1) is 10.2. The van der Waals surface area contributed by atoms with Gasteiger partial charge in [0.15, 0.2) is 0 Å². The first-order valence-corrected chi connectivity index (χ1v) is 7.81. The van der Waals surface area contributed by atoms with Crippen molar-refractivity contribution >= 4 is 18.3 Å². The van der Waals surface area contributed by atoms with E-state index in [9.17, 15) is 4.79 Å². The van der Waals surface area contributed by atoms with Crippen LogP contribution >= 0.6 is 12.4 Å². The normalized spacial score (nSPS) is 23.0. The predicted octanol–water partition coefficient (Wildman–Crippen LogP) is 2.14. The standard InChI is InChI=1S/C17H24N2O2.ClH/c1-4-12-7-11(2)16-13(8-12)14-9-18-10-15(14)19(17(16)20)5-6-21-3;/h7-8,14-15,18H,4-6,9-10H2,1-3H3;1H. The second-order valence-electron chi connectivity index (χ2n) is 6.05. The third kappa shape index (κ3) is 2.75. The number of carbonyl (C=O) groups is 1. The van der Waals surface area contributed by atoms with E-state index in [-0.39, 0.29) is 24.4 Å². The molecular weight excluding hydrogens is 300 g/mol. The lowest BCUT2D eigenvalue weighted by Gasteiger charge is -2.39. The van der Waals surface area contributed by atoms with Crippen LogP contribution in [0.4, 0.5) is 0 Å². The number of methoxy groups -OCH3 is 1. The molecule has 22 heavy (non-hydrogen) atoms. The molecule has 0 aromatic heterocycles. The molecule has 0 radical (unpaired) electrons. The molecule has 2 atom stereocenters. The predicted molar refractivity (Wildman–Crippen MR) is 90.1 cm³/mol. The van der Waals surface area contributed by atoms with Crippen molar-refractivity contribution in [1.29, 1.82) is 0 Å². The molecule has 1 aromatic rings. The van der Waals surface area contributed by atoms with Gasteiger partial charge in [-0.05, 0) is 30.0 Å². The van der Waals surface area contributed by atoms with E-state index in [0.29, 0.717) is 19.1 Å². The van der Waals surface area contributed by atoms with Crippen molar-refractivity contribution < 1.29 is 9.53 Å². The number of ether oxygens (including phenoxy) is 1. The fourth-order valence-electron chi connectivity index (χ4n) is 3.74. The van der Waals surface area contributed by atoms with Crippen LogP contribution in [0.15, 0.2) is 12.1 Å². The van der Waals surface area contributed by atoms with Crippen LogP contribution in [0.25, 0.3) is 0 Å². The zero-order valence-corrected chi connectivity index (χ0v) is 14.3. The summed E-state index contributed by atoms with van der Waals surface area (Å²) in [6.07, 6.45) is 1.01. The quantitative estimate of drug-likeness (QED) is 0.922. The Balaban J connectivity index is 0.00000176. The molecule has 1 amide bonds. The number of halogens is 1. The highest BCUT2D eigenvalue weighted by atomic mass is 35.5. The minimum absolute atomic E-state index is 0. The Kier molecular flexibility index (Phi) is 5.48. The summed E-state index contributed by atoms with van der Waals surface area (Å²) in [5.74, 6) is 0.590. The smallest absolute Gasteiger partial charge is 0.254 e. The van der Waals surface area contributed by atoms with Gasteiger partial charge in [-0.1, -0.05) is 19.1 Å². The number of nitrogens with one attached hydrogen (secondary N) is 1. The van der Waals surface area contributed by atoms with Gasteiger partial charge in [-0.2, -0.15) is 0 Å². The molecule has 5 heteroatoms. The van der Waals surface area contributed by atoms with E-state index in [1.807, 2.05) is 4.90 Å². The van der Waals surface area contributed by atoms with E-state index in [2.05, 4.69) is 31.3 Å². The van der Waals surface area contributed by atoms with Crippen LogP contribution in [-0.4, -0.2) is 50.2 Å². The van der Waals surface area contributed by atoms with E-state index in [1.54, 1.807) is 7.11 Å². The van der Waals surface area contributed by atoms with Crippen LogP contribution in [0.3, 0.4) is 0 Å². The van der Waals surface area contributed by atoms with Crippen molar-refractivity contribution in [2.24, 2.45) is 0 Å². The maximum Gasteiger partial charge on any atom is 0.254 e. The highest BCUT2D eigenvalue weighted by molar-refractivity contribution is 5.99. The Morgan fingerprint density at radius 3 is 2.82 bits per heavy atom. The number of carbonyl (C=O) groups excluding carboxylic acids is 1. The van der Waals surface area contributed by atoms with Gasteiger partial charge in [0, 0.05) is 38.2 Å². The highest BCUT2D eigenvalue weighted by Gasteiger charge is 2.42. The molecule has 2 aliphatic heterocycles. The Hall–Kier alpha value is -1.10. The number of aryl methyl sites for hydroxylation is 2. The largest absolute Gasteiger partial charge is 0.383 e. The summed E-state index contributed by atoms with van der Waals surface area (Å²) in [7, 11) is 1.69. The lowest BCUT2D eigenvalue weighted by molar-refractivity contribution is 0.0570. The lowest BCUT2D eigenvalue weighted by Crippen LogP contribution is -2.49. The Bertz CT molecular complexity index is 562. The van der Waals surface area contributed by atoms with Gasteiger partial charge in [0.25, 0.3) is 5.91 Å². The summed E-state index contributed by atoms with van der Waals surface area (Å²) in [4.78, 5) is 14.9. The summed E-state index contributed by atoms with van der Waals surface area (Å²) in [5, 5.41) is 3.45. The van der Waals surface area contributed by atoms with Gasteiger partial charge >= 0.3 is 0 Å². The van der Waals surface area contributed by atoms with Crippen LogP contribution in [0.1, 0.15) is 39.9 Å².